The number of ether oxygens (including phenoxy) is 1. The van der Waals surface area contributed by atoms with E-state index in [0.29, 0.717) is 22.6 Å². The van der Waals surface area contributed by atoms with Gasteiger partial charge in [-0.3, -0.25) is 4.79 Å². The van der Waals surface area contributed by atoms with Gasteiger partial charge in [0.2, 0.25) is 0 Å². The number of hydrogen-bond acceptors (Lipinski definition) is 2. The van der Waals surface area contributed by atoms with E-state index < -0.39 is 0 Å². The summed E-state index contributed by atoms with van der Waals surface area (Å²) in [6.07, 6.45) is 10.8. The number of para-hydroxylation sites is 1. The Morgan fingerprint density at radius 2 is 1.91 bits per heavy atom. The SMILES string of the molecule is CC1=C(C(=O)NC2CCC3C=CC=CC32)C(C)c2cccc(-c3cc(C)cc(Cl)c3)c2O1. The molecule has 0 bridgehead atoms. The lowest BCUT2D eigenvalue weighted by Gasteiger charge is -2.30. The summed E-state index contributed by atoms with van der Waals surface area (Å²) >= 11 is 6.32. The predicted octanol–water partition coefficient (Wildman–Crippen LogP) is 6.72. The summed E-state index contributed by atoms with van der Waals surface area (Å²) in [5.41, 5.74) is 4.87. The fourth-order valence-electron chi connectivity index (χ4n) is 5.52. The molecule has 4 unspecified atom stereocenters. The van der Waals surface area contributed by atoms with Crippen LogP contribution < -0.4 is 10.1 Å². The van der Waals surface area contributed by atoms with Crippen molar-refractivity contribution in [2.45, 2.75) is 45.6 Å². The number of carbonyl (C=O) groups excluding carboxylic acids is 1. The van der Waals surface area contributed by atoms with Crippen molar-refractivity contribution in [3.05, 3.63) is 88.2 Å². The first kappa shape index (κ1) is 21.1. The van der Waals surface area contributed by atoms with Gasteiger partial charge in [-0.25, -0.2) is 0 Å². The van der Waals surface area contributed by atoms with Crippen LogP contribution in [0.4, 0.5) is 0 Å². The number of fused-ring (bicyclic) bond motifs is 2. The number of carbonyl (C=O) groups is 1. The third kappa shape index (κ3) is 3.69. The van der Waals surface area contributed by atoms with Crippen LogP contribution in [-0.4, -0.2) is 11.9 Å². The van der Waals surface area contributed by atoms with E-state index in [1.807, 2.05) is 32.0 Å². The number of amides is 1. The summed E-state index contributed by atoms with van der Waals surface area (Å²) in [6, 6.07) is 12.3. The standard InChI is InChI=1S/C28H28ClNO2/c1-16-13-20(15-21(29)14-16)24-10-6-9-22-17(2)26(18(3)32-27(22)24)28(31)30-25-12-11-19-7-4-5-8-23(19)25/h4-10,13-15,17,19,23,25H,11-12H2,1-3H3,(H,30,31). The summed E-state index contributed by atoms with van der Waals surface area (Å²) in [7, 11) is 0. The zero-order valence-corrected chi connectivity index (χ0v) is 19.4. The van der Waals surface area contributed by atoms with Crippen LogP contribution in [0.1, 0.15) is 43.7 Å². The summed E-state index contributed by atoms with van der Waals surface area (Å²) in [5.74, 6) is 2.33. The van der Waals surface area contributed by atoms with E-state index in [-0.39, 0.29) is 17.9 Å². The van der Waals surface area contributed by atoms with E-state index in [1.165, 1.54) is 0 Å². The molecule has 4 heteroatoms. The normalized spacial score (nSPS) is 25.9. The van der Waals surface area contributed by atoms with Gasteiger partial charge in [-0.05, 0) is 55.9 Å². The van der Waals surface area contributed by atoms with Gasteiger partial charge in [0, 0.05) is 34.0 Å². The van der Waals surface area contributed by atoms with Crippen molar-refractivity contribution in [2.24, 2.45) is 11.8 Å². The fraction of sp³-hybridized carbons (Fsp3) is 0.321. The molecule has 2 aliphatic carbocycles. The van der Waals surface area contributed by atoms with E-state index in [2.05, 4.69) is 54.7 Å². The molecule has 164 valence electrons. The number of hydrogen-bond donors (Lipinski definition) is 1. The number of nitrogens with one attached hydrogen (secondary N) is 1. The van der Waals surface area contributed by atoms with Crippen molar-refractivity contribution in [3.8, 4) is 16.9 Å². The largest absolute Gasteiger partial charge is 0.461 e. The Labute approximate surface area is 194 Å². The van der Waals surface area contributed by atoms with Gasteiger partial charge in [-0.1, -0.05) is 67.1 Å². The Bertz CT molecular complexity index is 1160. The maximum absolute atomic E-state index is 13.4. The second-order valence-electron chi connectivity index (χ2n) is 9.20. The van der Waals surface area contributed by atoms with Crippen LogP contribution in [0.15, 0.2) is 72.0 Å². The molecular weight excluding hydrogens is 418 g/mol. The maximum Gasteiger partial charge on any atom is 0.251 e. The Morgan fingerprint density at radius 3 is 2.72 bits per heavy atom. The van der Waals surface area contributed by atoms with Crippen LogP contribution in [0.2, 0.25) is 5.02 Å². The van der Waals surface area contributed by atoms with Gasteiger partial charge in [0.1, 0.15) is 11.5 Å². The molecule has 3 aliphatic rings. The molecule has 1 heterocycles. The molecule has 3 nitrogen and oxygen atoms in total. The highest BCUT2D eigenvalue weighted by Gasteiger charge is 2.37. The summed E-state index contributed by atoms with van der Waals surface area (Å²) in [6.45, 7) is 6.02. The zero-order valence-electron chi connectivity index (χ0n) is 18.7. The topological polar surface area (TPSA) is 38.3 Å². The molecule has 4 atom stereocenters. The molecule has 32 heavy (non-hydrogen) atoms. The highest BCUT2D eigenvalue weighted by molar-refractivity contribution is 6.31. The average Bonchev–Trinajstić information content (AvgIpc) is 3.15. The highest BCUT2D eigenvalue weighted by atomic mass is 35.5. The minimum absolute atomic E-state index is 0.0155. The molecule has 2 aromatic rings. The van der Waals surface area contributed by atoms with Gasteiger partial charge < -0.3 is 10.1 Å². The van der Waals surface area contributed by atoms with Crippen LogP contribution in [0.5, 0.6) is 5.75 Å². The van der Waals surface area contributed by atoms with E-state index >= 15 is 0 Å². The van der Waals surface area contributed by atoms with E-state index in [0.717, 1.165) is 46.4 Å². The highest BCUT2D eigenvalue weighted by Crippen LogP contribution is 2.45. The van der Waals surface area contributed by atoms with Gasteiger partial charge in [-0.2, -0.15) is 0 Å². The number of halogens is 1. The van der Waals surface area contributed by atoms with Gasteiger partial charge in [0.25, 0.3) is 5.91 Å². The first-order valence-corrected chi connectivity index (χ1v) is 11.7. The van der Waals surface area contributed by atoms with Gasteiger partial charge in [0.15, 0.2) is 0 Å². The van der Waals surface area contributed by atoms with Crippen LogP contribution in [0.3, 0.4) is 0 Å². The van der Waals surface area contributed by atoms with E-state index in [9.17, 15) is 4.79 Å². The number of rotatable bonds is 3. The first-order valence-electron chi connectivity index (χ1n) is 11.4. The summed E-state index contributed by atoms with van der Waals surface area (Å²) in [5, 5.41) is 4.03. The average molecular weight is 446 g/mol. The summed E-state index contributed by atoms with van der Waals surface area (Å²) in [4.78, 5) is 13.4. The second-order valence-corrected chi connectivity index (χ2v) is 9.64. The molecule has 1 N–H and O–H groups in total. The minimum Gasteiger partial charge on any atom is -0.461 e. The van der Waals surface area contributed by atoms with Crippen molar-refractivity contribution in [1.82, 2.24) is 5.32 Å². The van der Waals surface area contributed by atoms with Gasteiger partial charge in [-0.15, -0.1) is 0 Å². The molecule has 1 amide bonds. The van der Waals surface area contributed by atoms with Crippen molar-refractivity contribution in [3.63, 3.8) is 0 Å². The predicted molar refractivity (Wildman–Crippen MR) is 130 cm³/mol. The third-order valence-corrected chi connectivity index (χ3v) is 7.28. The maximum atomic E-state index is 13.4. The monoisotopic (exact) mass is 445 g/mol. The molecule has 0 spiro atoms. The van der Waals surface area contributed by atoms with Crippen molar-refractivity contribution < 1.29 is 9.53 Å². The van der Waals surface area contributed by atoms with Crippen molar-refractivity contribution >= 4 is 17.5 Å². The van der Waals surface area contributed by atoms with Gasteiger partial charge in [0.05, 0.1) is 5.57 Å². The molecule has 5 rings (SSSR count). The Hall–Kier alpha value is -2.78. The minimum atomic E-state index is -0.0574. The first-order chi connectivity index (χ1) is 15.4. The summed E-state index contributed by atoms with van der Waals surface area (Å²) < 4.78 is 6.32. The Kier molecular flexibility index (Phi) is 5.46. The molecule has 1 saturated carbocycles. The number of aryl methyl sites for hydroxylation is 1. The van der Waals surface area contributed by atoms with Crippen LogP contribution in [0.25, 0.3) is 11.1 Å². The van der Waals surface area contributed by atoms with Gasteiger partial charge >= 0.3 is 0 Å². The molecule has 1 fully saturated rings. The van der Waals surface area contributed by atoms with Crippen LogP contribution >= 0.6 is 11.6 Å². The lowest BCUT2D eigenvalue weighted by molar-refractivity contribution is -0.118. The molecule has 2 aromatic carbocycles. The Balaban J connectivity index is 1.44. The fourth-order valence-corrected chi connectivity index (χ4v) is 5.81. The van der Waals surface area contributed by atoms with Crippen LogP contribution in [0, 0.1) is 18.8 Å². The lowest BCUT2D eigenvalue weighted by atomic mass is 9.85. The quantitative estimate of drug-likeness (QED) is 0.569. The lowest BCUT2D eigenvalue weighted by Crippen LogP contribution is -2.40. The molecule has 0 aromatic heterocycles. The van der Waals surface area contributed by atoms with Crippen molar-refractivity contribution in [1.29, 1.82) is 0 Å². The smallest absolute Gasteiger partial charge is 0.251 e. The van der Waals surface area contributed by atoms with Crippen molar-refractivity contribution in [2.75, 3.05) is 0 Å². The third-order valence-electron chi connectivity index (χ3n) is 7.07. The zero-order chi connectivity index (χ0) is 22.4. The number of benzene rings is 2. The number of allylic oxidation sites excluding steroid dienone is 4. The van der Waals surface area contributed by atoms with E-state index in [4.69, 9.17) is 16.3 Å². The molecule has 0 saturated heterocycles. The molecule has 1 aliphatic heterocycles. The van der Waals surface area contributed by atoms with E-state index in [1.54, 1.807) is 0 Å². The van der Waals surface area contributed by atoms with Crippen LogP contribution in [-0.2, 0) is 4.79 Å². The second kappa shape index (κ2) is 8.29. The molecule has 0 radical (unpaired) electrons. The Morgan fingerprint density at radius 1 is 1.09 bits per heavy atom. The molecular formula is C28H28ClNO2.